The molecule has 6 nitrogen and oxygen atoms in total. The predicted molar refractivity (Wildman–Crippen MR) is 132 cm³/mol. The first-order chi connectivity index (χ1) is 13.9. The molecular weight excluding hydrogens is 452 g/mol. The fourth-order valence-corrected chi connectivity index (χ4v) is 4.58. The Morgan fingerprint density at radius 1 is 1.00 bits per heavy atom. The summed E-state index contributed by atoms with van der Waals surface area (Å²) in [6.45, 7) is 3.90. The molecule has 2 aromatic carbocycles. The van der Waals surface area contributed by atoms with E-state index in [9.17, 15) is 8.42 Å². The molecule has 0 saturated heterocycles. The Morgan fingerprint density at radius 2 is 1.65 bits per heavy atom. The lowest BCUT2D eigenvalue weighted by molar-refractivity contribution is 0.588. The van der Waals surface area contributed by atoms with Crippen LogP contribution in [0.5, 0.6) is 0 Å². The smallest absolute Gasteiger partial charge is 0.269 e. The summed E-state index contributed by atoms with van der Waals surface area (Å²) >= 11 is 6.13. The van der Waals surface area contributed by atoms with Gasteiger partial charge in [-0.05, 0) is 49.2 Å². The SMILES string of the molecule is C.Cc1ccc(S(=O)(=O)n2ccc3c(N[C@@H](C)c4ccccc4)nc(Cl)nc32)cc1.S. The first kappa shape index (κ1) is 24.7. The second-order valence-electron chi connectivity index (χ2n) is 6.78. The summed E-state index contributed by atoms with van der Waals surface area (Å²) < 4.78 is 27.4. The zero-order chi connectivity index (χ0) is 20.6. The Morgan fingerprint density at radius 3 is 2.29 bits per heavy atom. The molecule has 0 bridgehead atoms. The molecule has 164 valence electrons. The Bertz CT molecular complexity index is 1270. The number of hydrogen-bond donors (Lipinski definition) is 1. The normalized spacial score (nSPS) is 12.0. The Hall–Kier alpha value is -2.55. The minimum Gasteiger partial charge on any atom is -0.363 e. The number of rotatable bonds is 5. The highest BCUT2D eigenvalue weighted by atomic mass is 35.5. The van der Waals surface area contributed by atoms with E-state index in [2.05, 4.69) is 15.3 Å². The summed E-state index contributed by atoms with van der Waals surface area (Å²) in [7, 11) is -3.81. The molecule has 4 aromatic rings. The first-order valence-corrected chi connectivity index (χ1v) is 10.9. The average Bonchev–Trinajstić information content (AvgIpc) is 3.13. The third-order valence-corrected chi connectivity index (χ3v) is 6.56. The van der Waals surface area contributed by atoms with E-state index in [-0.39, 0.29) is 42.8 Å². The second kappa shape index (κ2) is 9.72. The number of aromatic nitrogens is 3. The lowest BCUT2D eigenvalue weighted by Crippen LogP contribution is -2.13. The van der Waals surface area contributed by atoms with Crippen molar-refractivity contribution in [1.82, 2.24) is 13.9 Å². The molecule has 0 aliphatic heterocycles. The first-order valence-electron chi connectivity index (χ1n) is 9.04. The van der Waals surface area contributed by atoms with Gasteiger partial charge >= 0.3 is 0 Å². The number of anilines is 1. The largest absolute Gasteiger partial charge is 0.363 e. The van der Waals surface area contributed by atoms with Gasteiger partial charge in [-0.2, -0.15) is 18.5 Å². The monoisotopic (exact) mass is 476 g/mol. The molecule has 0 saturated carbocycles. The van der Waals surface area contributed by atoms with Crippen molar-refractivity contribution in [3.8, 4) is 0 Å². The molecule has 0 unspecified atom stereocenters. The van der Waals surface area contributed by atoms with Crippen LogP contribution in [0.2, 0.25) is 5.28 Å². The van der Waals surface area contributed by atoms with Gasteiger partial charge in [0.15, 0.2) is 5.65 Å². The Kier molecular flexibility index (Phi) is 7.75. The topological polar surface area (TPSA) is 76.9 Å². The maximum atomic E-state index is 13.1. The molecule has 1 atom stereocenters. The van der Waals surface area contributed by atoms with E-state index in [0.29, 0.717) is 11.2 Å². The fraction of sp³-hybridized carbons (Fsp3) is 0.182. The van der Waals surface area contributed by atoms with E-state index in [1.807, 2.05) is 44.2 Å². The van der Waals surface area contributed by atoms with Crippen LogP contribution >= 0.6 is 25.1 Å². The zero-order valence-corrected chi connectivity index (χ0v) is 18.9. The molecule has 4 rings (SSSR count). The number of hydrogen-bond acceptors (Lipinski definition) is 5. The molecule has 0 aliphatic carbocycles. The maximum Gasteiger partial charge on any atom is 0.269 e. The number of aryl methyl sites for hydroxylation is 1. The van der Waals surface area contributed by atoms with Crippen LogP contribution < -0.4 is 5.32 Å². The van der Waals surface area contributed by atoms with Gasteiger partial charge in [-0.25, -0.2) is 17.4 Å². The number of nitrogens with one attached hydrogen (secondary N) is 1. The number of nitrogens with zero attached hydrogens (tertiary/aromatic N) is 3. The van der Waals surface area contributed by atoms with Crippen molar-refractivity contribution in [2.45, 2.75) is 32.2 Å². The van der Waals surface area contributed by atoms with Crippen LogP contribution in [-0.2, 0) is 10.0 Å². The molecule has 0 aliphatic rings. The standard InChI is InChI=1S/C21H19ClN4O2S.CH4.H2S/c1-14-8-10-17(11-9-14)29(27,28)26-13-12-18-19(24-21(22)25-20(18)26)23-15(2)16-6-4-3-5-7-16;;/h3-13,15H,1-2H3,(H,23,24,25);1H4;1H2/t15-;;/m0../s1. The van der Waals surface area contributed by atoms with Crippen LogP contribution in [0.1, 0.15) is 31.5 Å². The number of fused-ring (bicyclic) bond motifs is 1. The Balaban J connectivity index is 0.00000171. The third kappa shape index (κ3) is 4.87. The van der Waals surface area contributed by atoms with Gasteiger partial charge in [-0.15, -0.1) is 0 Å². The molecule has 0 amide bonds. The van der Waals surface area contributed by atoms with Crippen molar-refractivity contribution in [2.24, 2.45) is 0 Å². The fourth-order valence-electron chi connectivity index (χ4n) is 3.12. The quantitative estimate of drug-likeness (QED) is 0.382. The number of halogens is 1. The van der Waals surface area contributed by atoms with Gasteiger partial charge in [0.05, 0.1) is 10.3 Å². The minimum atomic E-state index is -3.81. The van der Waals surface area contributed by atoms with Crippen LogP contribution in [0.15, 0.2) is 71.8 Å². The lowest BCUT2D eigenvalue weighted by Gasteiger charge is -2.16. The van der Waals surface area contributed by atoms with E-state index < -0.39 is 10.0 Å². The van der Waals surface area contributed by atoms with Crippen LogP contribution in [0, 0.1) is 6.92 Å². The van der Waals surface area contributed by atoms with E-state index >= 15 is 0 Å². The summed E-state index contributed by atoms with van der Waals surface area (Å²) in [5.74, 6) is 0.481. The molecule has 2 aromatic heterocycles. The van der Waals surface area contributed by atoms with E-state index in [4.69, 9.17) is 11.6 Å². The number of benzene rings is 2. The van der Waals surface area contributed by atoms with Crippen LogP contribution in [0.4, 0.5) is 5.82 Å². The van der Waals surface area contributed by atoms with E-state index in [0.717, 1.165) is 15.1 Å². The molecule has 0 spiro atoms. The van der Waals surface area contributed by atoms with E-state index in [1.165, 1.54) is 6.20 Å². The summed E-state index contributed by atoms with van der Waals surface area (Å²) in [4.78, 5) is 8.65. The summed E-state index contributed by atoms with van der Waals surface area (Å²) in [6.07, 6.45) is 1.48. The molecule has 0 fully saturated rings. The summed E-state index contributed by atoms with van der Waals surface area (Å²) in [5.41, 5.74) is 2.28. The van der Waals surface area contributed by atoms with Gasteiger partial charge in [0.25, 0.3) is 10.0 Å². The van der Waals surface area contributed by atoms with Gasteiger partial charge in [-0.3, -0.25) is 0 Å². The molecule has 0 radical (unpaired) electrons. The molecule has 31 heavy (non-hydrogen) atoms. The lowest BCUT2D eigenvalue weighted by atomic mass is 10.1. The summed E-state index contributed by atoms with van der Waals surface area (Å²) in [5, 5.41) is 3.86. The predicted octanol–water partition coefficient (Wildman–Crippen LogP) is 5.55. The maximum absolute atomic E-state index is 13.1. The van der Waals surface area contributed by atoms with Gasteiger partial charge in [0.1, 0.15) is 5.82 Å². The van der Waals surface area contributed by atoms with Crippen molar-refractivity contribution in [1.29, 1.82) is 0 Å². The molecule has 2 heterocycles. The van der Waals surface area contributed by atoms with E-state index in [1.54, 1.807) is 30.3 Å². The highest BCUT2D eigenvalue weighted by molar-refractivity contribution is 7.90. The van der Waals surface area contributed by atoms with Crippen molar-refractivity contribution in [3.05, 3.63) is 83.3 Å². The molecular formula is C22H25ClN4O2S2. The summed E-state index contributed by atoms with van der Waals surface area (Å²) in [6, 6.07) is 18.2. The second-order valence-corrected chi connectivity index (χ2v) is 8.94. The van der Waals surface area contributed by atoms with Crippen LogP contribution in [0.3, 0.4) is 0 Å². The van der Waals surface area contributed by atoms with Crippen molar-refractivity contribution in [2.75, 3.05) is 5.32 Å². The van der Waals surface area contributed by atoms with Gasteiger partial charge in [-0.1, -0.05) is 55.5 Å². The molecule has 9 heteroatoms. The third-order valence-electron chi connectivity index (χ3n) is 4.71. The minimum absolute atomic E-state index is 0. The highest BCUT2D eigenvalue weighted by Crippen LogP contribution is 2.29. The van der Waals surface area contributed by atoms with Crippen LogP contribution in [-0.4, -0.2) is 22.4 Å². The highest BCUT2D eigenvalue weighted by Gasteiger charge is 2.22. The molecule has 1 N–H and O–H groups in total. The van der Waals surface area contributed by atoms with Crippen LogP contribution in [0.25, 0.3) is 11.0 Å². The van der Waals surface area contributed by atoms with Gasteiger partial charge in [0.2, 0.25) is 5.28 Å². The van der Waals surface area contributed by atoms with Gasteiger partial charge < -0.3 is 5.32 Å². The van der Waals surface area contributed by atoms with Crippen molar-refractivity contribution >= 4 is 52.0 Å². The van der Waals surface area contributed by atoms with Crippen molar-refractivity contribution < 1.29 is 8.42 Å². The van der Waals surface area contributed by atoms with Gasteiger partial charge in [0, 0.05) is 12.2 Å². The zero-order valence-electron chi connectivity index (χ0n) is 16.4. The Labute approximate surface area is 194 Å². The average molecular weight is 477 g/mol. The van der Waals surface area contributed by atoms with Crippen molar-refractivity contribution in [3.63, 3.8) is 0 Å².